The molecule has 2 amide bonds. The molecule has 0 bridgehead atoms. The lowest BCUT2D eigenvalue weighted by Gasteiger charge is -2.21. The van der Waals surface area contributed by atoms with Crippen molar-refractivity contribution in [1.82, 2.24) is 10.6 Å². The monoisotopic (exact) mass is 384 g/mol. The Bertz CT molecular complexity index is 637. The van der Waals surface area contributed by atoms with Gasteiger partial charge in [-0.05, 0) is 45.4 Å². The lowest BCUT2D eigenvalue weighted by molar-refractivity contribution is -0.121. The molecule has 0 fully saturated rings. The van der Waals surface area contributed by atoms with Crippen molar-refractivity contribution in [3.63, 3.8) is 0 Å². The molecule has 1 unspecified atom stereocenters. The first-order valence-corrected chi connectivity index (χ1v) is 8.51. The Labute approximate surface area is 141 Å². The molecule has 2 aromatic rings. The van der Waals surface area contributed by atoms with Crippen molar-refractivity contribution in [3.8, 4) is 0 Å². The number of carbonyl (C=O) groups excluding carboxylic acids is 2. The number of furan rings is 1. The summed E-state index contributed by atoms with van der Waals surface area (Å²) in [6, 6.07) is 7.06. The van der Waals surface area contributed by atoms with E-state index in [1.165, 1.54) is 0 Å². The molecule has 0 radical (unpaired) electrons. The van der Waals surface area contributed by atoms with Crippen LogP contribution in [0.4, 0.5) is 0 Å². The van der Waals surface area contributed by atoms with Gasteiger partial charge in [-0.3, -0.25) is 9.59 Å². The van der Waals surface area contributed by atoms with Gasteiger partial charge in [-0.15, -0.1) is 11.3 Å². The van der Waals surface area contributed by atoms with Gasteiger partial charge in [0.25, 0.3) is 5.91 Å². The van der Waals surface area contributed by atoms with E-state index < -0.39 is 5.91 Å². The van der Waals surface area contributed by atoms with Crippen molar-refractivity contribution in [1.29, 1.82) is 0 Å². The largest absolute Gasteiger partial charge is 0.444 e. The summed E-state index contributed by atoms with van der Waals surface area (Å²) in [6.07, 6.45) is 0. The van der Waals surface area contributed by atoms with E-state index in [1.807, 2.05) is 31.4 Å². The van der Waals surface area contributed by atoms with Crippen LogP contribution in [0.2, 0.25) is 0 Å². The molecule has 2 heterocycles. The molecule has 118 valence electrons. The summed E-state index contributed by atoms with van der Waals surface area (Å²) < 4.78 is 5.60. The molecular weight excluding hydrogens is 368 g/mol. The molecule has 1 atom stereocenters. The second-order valence-electron chi connectivity index (χ2n) is 5.09. The van der Waals surface area contributed by atoms with Crippen LogP contribution in [-0.2, 0) is 4.79 Å². The second-order valence-corrected chi connectivity index (χ2v) is 6.85. The SMILES string of the molecule is CC(C)C(NC(=O)CNC(=O)c1ccc(Br)o1)c1cccs1. The number of rotatable bonds is 6. The Kier molecular flexibility index (Phi) is 5.79. The summed E-state index contributed by atoms with van der Waals surface area (Å²) in [4.78, 5) is 24.9. The first kappa shape index (κ1) is 16.8. The quantitative estimate of drug-likeness (QED) is 0.801. The van der Waals surface area contributed by atoms with E-state index in [2.05, 4.69) is 26.6 Å². The van der Waals surface area contributed by atoms with E-state index in [4.69, 9.17) is 4.42 Å². The third kappa shape index (κ3) is 4.45. The zero-order valence-electron chi connectivity index (χ0n) is 12.3. The van der Waals surface area contributed by atoms with E-state index in [-0.39, 0.29) is 30.2 Å². The molecule has 2 rings (SSSR count). The van der Waals surface area contributed by atoms with Gasteiger partial charge in [0, 0.05) is 4.88 Å². The van der Waals surface area contributed by atoms with Crippen LogP contribution in [0.15, 0.2) is 38.7 Å². The van der Waals surface area contributed by atoms with Crippen LogP contribution < -0.4 is 10.6 Å². The molecular formula is C15H17BrN2O3S. The summed E-state index contributed by atoms with van der Waals surface area (Å²) in [5, 5.41) is 7.47. The molecule has 0 aliphatic carbocycles. The van der Waals surface area contributed by atoms with Gasteiger partial charge < -0.3 is 15.1 Å². The first-order chi connectivity index (χ1) is 10.5. The second kappa shape index (κ2) is 7.60. The molecule has 7 heteroatoms. The highest BCUT2D eigenvalue weighted by Crippen LogP contribution is 2.25. The van der Waals surface area contributed by atoms with Gasteiger partial charge in [0.15, 0.2) is 10.4 Å². The van der Waals surface area contributed by atoms with E-state index in [0.717, 1.165) is 4.88 Å². The van der Waals surface area contributed by atoms with E-state index in [0.29, 0.717) is 4.67 Å². The third-order valence-corrected chi connectivity index (χ3v) is 4.42. The maximum Gasteiger partial charge on any atom is 0.287 e. The smallest absolute Gasteiger partial charge is 0.287 e. The molecule has 0 saturated carbocycles. The highest BCUT2D eigenvalue weighted by Gasteiger charge is 2.20. The van der Waals surface area contributed by atoms with E-state index in [1.54, 1.807) is 23.5 Å². The van der Waals surface area contributed by atoms with Crippen molar-refractivity contribution in [2.75, 3.05) is 6.54 Å². The van der Waals surface area contributed by atoms with Crippen LogP contribution in [0.25, 0.3) is 0 Å². The Morgan fingerprint density at radius 2 is 2.09 bits per heavy atom. The van der Waals surface area contributed by atoms with Crippen molar-refractivity contribution in [2.24, 2.45) is 5.92 Å². The summed E-state index contributed by atoms with van der Waals surface area (Å²) in [6.45, 7) is 4.00. The van der Waals surface area contributed by atoms with Gasteiger partial charge in [-0.25, -0.2) is 0 Å². The van der Waals surface area contributed by atoms with Gasteiger partial charge >= 0.3 is 0 Å². The average Bonchev–Trinajstić information content (AvgIpc) is 3.13. The van der Waals surface area contributed by atoms with Crippen molar-refractivity contribution < 1.29 is 14.0 Å². The van der Waals surface area contributed by atoms with Gasteiger partial charge in [0.2, 0.25) is 5.91 Å². The molecule has 2 aromatic heterocycles. The fraction of sp³-hybridized carbons (Fsp3) is 0.333. The minimum atomic E-state index is -0.418. The number of thiophene rings is 1. The van der Waals surface area contributed by atoms with Crippen LogP contribution in [0.3, 0.4) is 0 Å². The molecule has 2 N–H and O–H groups in total. The highest BCUT2D eigenvalue weighted by atomic mass is 79.9. The standard InChI is InChI=1S/C15H17BrN2O3S/c1-9(2)14(11-4-3-7-22-11)18-13(19)8-17-15(20)10-5-6-12(16)21-10/h3-7,9,14H,8H2,1-2H3,(H,17,20)(H,18,19). The Balaban J connectivity index is 1.88. The van der Waals surface area contributed by atoms with Crippen LogP contribution >= 0.6 is 27.3 Å². The van der Waals surface area contributed by atoms with E-state index in [9.17, 15) is 9.59 Å². The summed E-state index contributed by atoms with van der Waals surface area (Å²) >= 11 is 4.73. The minimum absolute atomic E-state index is 0.0536. The van der Waals surface area contributed by atoms with Crippen molar-refractivity contribution in [3.05, 3.63) is 45.0 Å². The molecule has 0 saturated heterocycles. The van der Waals surface area contributed by atoms with E-state index >= 15 is 0 Å². The molecule has 22 heavy (non-hydrogen) atoms. The van der Waals surface area contributed by atoms with Crippen molar-refractivity contribution >= 4 is 39.1 Å². The van der Waals surface area contributed by atoms with Crippen LogP contribution in [0.1, 0.15) is 35.3 Å². The van der Waals surface area contributed by atoms with Crippen LogP contribution in [-0.4, -0.2) is 18.4 Å². The predicted molar refractivity (Wildman–Crippen MR) is 88.8 cm³/mol. The molecule has 0 aromatic carbocycles. The number of hydrogen-bond acceptors (Lipinski definition) is 4. The van der Waals surface area contributed by atoms with Crippen LogP contribution in [0.5, 0.6) is 0 Å². The van der Waals surface area contributed by atoms with Gasteiger partial charge in [-0.1, -0.05) is 19.9 Å². The summed E-state index contributed by atoms with van der Waals surface area (Å²) in [5.41, 5.74) is 0. The zero-order valence-corrected chi connectivity index (χ0v) is 14.7. The Morgan fingerprint density at radius 3 is 2.64 bits per heavy atom. The molecule has 5 nitrogen and oxygen atoms in total. The Morgan fingerprint density at radius 1 is 1.32 bits per heavy atom. The van der Waals surface area contributed by atoms with Gasteiger partial charge in [0.1, 0.15) is 0 Å². The topological polar surface area (TPSA) is 71.3 Å². The van der Waals surface area contributed by atoms with Crippen LogP contribution in [0, 0.1) is 5.92 Å². The zero-order chi connectivity index (χ0) is 16.1. The fourth-order valence-electron chi connectivity index (χ4n) is 1.94. The van der Waals surface area contributed by atoms with Gasteiger partial charge in [0.05, 0.1) is 12.6 Å². The number of amides is 2. The fourth-order valence-corrected chi connectivity index (χ4v) is 3.20. The number of halogens is 1. The molecule has 0 aliphatic rings. The number of hydrogen-bond donors (Lipinski definition) is 2. The molecule has 0 spiro atoms. The first-order valence-electron chi connectivity index (χ1n) is 6.83. The average molecular weight is 385 g/mol. The highest BCUT2D eigenvalue weighted by molar-refractivity contribution is 9.10. The third-order valence-electron chi connectivity index (χ3n) is 3.04. The van der Waals surface area contributed by atoms with Gasteiger partial charge in [-0.2, -0.15) is 0 Å². The lowest BCUT2D eigenvalue weighted by Crippen LogP contribution is -2.39. The lowest BCUT2D eigenvalue weighted by atomic mass is 10.0. The normalized spacial score (nSPS) is 12.2. The van der Waals surface area contributed by atoms with Crippen molar-refractivity contribution in [2.45, 2.75) is 19.9 Å². The maximum absolute atomic E-state index is 12.0. The minimum Gasteiger partial charge on any atom is -0.444 e. The summed E-state index contributed by atoms with van der Waals surface area (Å²) in [5.74, 6) is -0.221. The molecule has 0 aliphatic heterocycles. The Hall–Kier alpha value is -1.60. The summed E-state index contributed by atoms with van der Waals surface area (Å²) in [7, 11) is 0. The predicted octanol–water partition coefficient (Wildman–Crippen LogP) is 3.35. The maximum atomic E-state index is 12.0. The number of nitrogens with one attached hydrogen (secondary N) is 2. The number of carbonyl (C=O) groups is 2.